The first-order valence-electron chi connectivity index (χ1n) is 10.2. The number of hydrogen-bond donors (Lipinski definition) is 3. The van der Waals surface area contributed by atoms with Gasteiger partial charge in [-0.1, -0.05) is 17.3 Å². The number of nitrogen functional groups attached to an aromatic ring is 1. The quantitative estimate of drug-likeness (QED) is 0.464. The standard InChI is InChI=1S/C23H22N4O6S/c1-10-9-14(27-33-10)26-20(28)19-18(24)17-16(12-5-7-13(8-6-12)22(29)31-3)15(23(30)32-4)11(2)25-21(17)34-19/h5-9,16,25H,24H2,1-4H3,(H,26,27,28)/t16-/m0/s1. The number of allylic oxidation sites excluding steroid dienone is 1. The molecule has 10 nitrogen and oxygen atoms in total. The summed E-state index contributed by atoms with van der Waals surface area (Å²) < 4.78 is 14.8. The fourth-order valence-electron chi connectivity index (χ4n) is 3.85. The zero-order valence-electron chi connectivity index (χ0n) is 18.8. The van der Waals surface area contributed by atoms with Crippen LogP contribution in [-0.4, -0.2) is 37.2 Å². The maximum Gasteiger partial charge on any atom is 0.337 e. The van der Waals surface area contributed by atoms with Gasteiger partial charge in [0.25, 0.3) is 5.91 Å². The molecule has 176 valence electrons. The van der Waals surface area contributed by atoms with Crippen LogP contribution < -0.4 is 16.4 Å². The van der Waals surface area contributed by atoms with Crippen LogP contribution in [0.2, 0.25) is 0 Å². The smallest absolute Gasteiger partial charge is 0.337 e. The van der Waals surface area contributed by atoms with Crippen LogP contribution in [0.4, 0.5) is 16.5 Å². The van der Waals surface area contributed by atoms with Crippen molar-refractivity contribution >= 4 is 45.7 Å². The van der Waals surface area contributed by atoms with Crippen LogP contribution in [-0.2, 0) is 14.3 Å². The van der Waals surface area contributed by atoms with Crippen LogP contribution >= 0.6 is 11.3 Å². The number of benzene rings is 1. The molecule has 3 aromatic rings. The van der Waals surface area contributed by atoms with E-state index in [1.807, 2.05) is 0 Å². The Hall–Kier alpha value is -4.12. The van der Waals surface area contributed by atoms with Crippen LogP contribution in [0.1, 0.15) is 49.8 Å². The number of aryl methyl sites for hydroxylation is 1. The van der Waals surface area contributed by atoms with Crippen molar-refractivity contribution in [2.75, 3.05) is 30.6 Å². The fourth-order valence-corrected chi connectivity index (χ4v) is 4.96. The maximum atomic E-state index is 13.0. The first-order valence-corrected chi connectivity index (χ1v) is 11.0. The summed E-state index contributed by atoms with van der Waals surface area (Å²) in [5, 5.41) is 10.3. The number of carbonyl (C=O) groups excluding carboxylic acids is 3. The third-order valence-corrected chi connectivity index (χ3v) is 6.55. The predicted octanol–water partition coefficient (Wildman–Crippen LogP) is 3.67. The minimum absolute atomic E-state index is 0.223. The normalized spacial score (nSPS) is 14.8. The summed E-state index contributed by atoms with van der Waals surface area (Å²) in [4.78, 5) is 37.8. The lowest BCUT2D eigenvalue weighted by Crippen LogP contribution is -2.23. The molecule has 0 unspecified atom stereocenters. The summed E-state index contributed by atoms with van der Waals surface area (Å²) in [5.74, 6) is -1.28. The highest BCUT2D eigenvalue weighted by molar-refractivity contribution is 7.19. The van der Waals surface area contributed by atoms with E-state index in [1.54, 1.807) is 44.2 Å². The van der Waals surface area contributed by atoms with Crippen molar-refractivity contribution in [3.8, 4) is 0 Å². The topological polar surface area (TPSA) is 146 Å². The van der Waals surface area contributed by atoms with Crippen LogP contribution in [0, 0.1) is 6.92 Å². The van der Waals surface area contributed by atoms with E-state index in [4.69, 9.17) is 19.7 Å². The van der Waals surface area contributed by atoms with Crippen LogP contribution in [0.5, 0.6) is 0 Å². The molecule has 0 bridgehead atoms. The Morgan fingerprint density at radius 1 is 1.12 bits per heavy atom. The highest BCUT2D eigenvalue weighted by Gasteiger charge is 2.38. The highest BCUT2D eigenvalue weighted by Crippen LogP contribution is 2.50. The number of rotatable bonds is 5. The number of nitrogens with one attached hydrogen (secondary N) is 2. The largest absolute Gasteiger partial charge is 0.466 e. The maximum absolute atomic E-state index is 13.0. The summed E-state index contributed by atoms with van der Waals surface area (Å²) in [6.07, 6.45) is 0. The molecule has 1 aliphatic heterocycles. The first kappa shape index (κ1) is 23.1. The zero-order chi connectivity index (χ0) is 24.6. The van der Waals surface area contributed by atoms with Gasteiger partial charge >= 0.3 is 11.9 Å². The van der Waals surface area contributed by atoms with Gasteiger partial charge in [-0.2, -0.15) is 0 Å². The number of hydrogen-bond acceptors (Lipinski definition) is 10. The summed E-state index contributed by atoms with van der Waals surface area (Å²) in [6.45, 7) is 3.46. The molecule has 1 atom stereocenters. The first-order chi connectivity index (χ1) is 16.2. The number of methoxy groups -OCH3 is 2. The number of nitrogens with two attached hydrogens (primary N) is 1. The van der Waals surface area contributed by atoms with E-state index in [0.29, 0.717) is 38.7 Å². The van der Waals surface area contributed by atoms with Crippen molar-refractivity contribution in [1.29, 1.82) is 0 Å². The van der Waals surface area contributed by atoms with Gasteiger partial charge in [-0.05, 0) is 31.5 Å². The van der Waals surface area contributed by atoms with Crippen molar-refractivity contribution in [3.63, 3.8) is 0 Å². The molecule has 2 aromatic heterocycles. The average Bonchev–Trinajstić information content (AvgIpc) is 3.39. The molecule has 0 aliphatic carbocycles. The van der Waals surface area contributed by atoms with Crippen molar-refractivity contribution < 1.29 is 28.4 Å². The number of esters is 2. The van der Waals surface area contributed by atoms with E-state index in [2.05, 4.69) is 15.8 Å². The second-order valence-electron chi connectivity index (χ2n) is 7.57. The molecule has 4 rings (SSSR count). The van der Waals surface area contributed by atoms with Crippen molar-refractivity contribution in [3.05, 3.63) is 68.9 Å². The number of amides is 1. The number of nitrogens with zero attached hydrogens (tertiary/aromatic N) is 1. The van der Waals surface area contributed by atoms with Gasteiger partial charge in [0.1, 0.15) is 10.6 Å². The van der Waals surface area contributed by atoms with Crippen molar-refractivity contribution in [2.45, 2.75) is 19.8 Å². The number of thiophene rings is 1. The van der Waals surface area contributed by atoms with Gasteiger partial charge in [-0.3, -0.25) is 4.79 Å². The van der Waals surface area contributed by atoms with E-state index in [-0.39, 0.29) is 16.4 Å². The monoisotopic (exact) mass is 482 g/mol. The summed E-state index contributed by atoms with van der Waals surface area (Å²) in [5.41, 5.74) is 9.25. The fraction of sp³-hybridized carbons (Fsp3) is 0.217. The minimum atomic E-state index is -0.623. The van der Waals surface area contributed by atoms with Gasteiger partial charge in [0.05, 0.1) is 36.0 Å². The van der Waals surface area contributed by atoms with Crippen LogP contribution in [0.15, 0.2) is 46.1 Å². The molecule has 0 saturated heterocycles. The van der Waals surface area contributed by atoms with Gasteiger partial charge in [0, 0.05) is 23.2 Å². The van der Waals surface area contributed by atoms with Crippen LogP contribution in [0.3, 0.4) is 0 Å². The summed E-state index contributed by atoms with van der Waals surface area (Å²) in [6, 6.07) is 8.24. The van der Waals surface area contributed by atoms with Crippen molar-refractivity contribution in [1.82, 2.24) is 5.16 Å². The molecule has 0 radical (unpaired) electrons. The van der Waals surface area contributed by atoms with Crippen LogP contribution in [0.25, 0.3) is 0 Å². The lowest BCUT2D eigenvalue weighted by Gasteiger charge is -2.28. The Labute approximate surface area is 198 Å². The zero-order valence-corrected chi connectivity index (χ0v) is 19.7. The lowest BCUT2D eigenvalue weighted by atomic mass is 9.81. The molecule has 1 amide bonds. The third-order valence-electron chi connectivity index (χ3n) is 5.41. The summed E-state index contributed by atoms with van der Waals surface area (Å²) in [7, 11) is 2.60. The molecule has 1 aromatic carbocycles. The van der Waals surface area contributed by atoms with Gasteiger partial charge < -0.3 is 30.4 Å². The number of ether oxygens (including phenoxy) is 2. The van der Waals surface area contributed by atoms with E-state index >= 15 is 0 Å². The Morgan fingerprint density at radius 2 is 1.79 bits per heavy atom. The van der Waals surface area contributed by atoms with E-state index in [0.717, 1.165) is 11.3 Å². The Balaban J connectivity index is 1.80. The second-order valence-corrected chi connectivity index (χ2v) is 8.59. The summed E-state index contributed by atoms with van der Waals surface area (Å²) >= 11 is 1.16. The molecule has 4 N–H and O–H groups in total. The Bertz CT molecular complexity index is 1320. The molecular formula is C23H22N4O6S. The second kappa shape index (κ2) is 9.02. The Morgan fingerprint density at radius 3 is 2.38 bits per heavy atom. The molecule has 0 fully saturated rings. The van der Waals surface area contributed by atoms with E-state index in [9.17, 15) is 14.4 Å². The lowest BCUT2D eigenvalue weighted by molar-refractivity contribution is -0.136. The number of fused-ring (bicyclic) bond motifs is 1. The molecule has 0 spiro atoms. The van der Waals surface area contributed by atoms with E-state index in [1.165, 1.54) is 14.2 Å². The molecule has 3 heterocycles. The number of carbonyl (C=O) groups is 3. The van der Waals surface area contributed by atoms with Gasteiger partial charge in [0.15, 0.2) is 5.82 Å². The molecule has 34 heavy (non-hydrogen) atoms. The molecule has 0 saturated carbocycles. The van der Waals surface area contributed by atoms with Gasteiger partial charge in [-0.25, -0.2) is 9.59 Å². The molecular weight excluding hydrogens is 460 g/mol. The van der Waals surface area contributed by atoms with Gasteiger partial charge in [-0.15, -0.1) is 11.3 Å². The average molecular weight is 483 g/mol. The van der Waals surface area contributed by atoms with Gasteiger partial charge in [0.2, 0.25) is 0 Å². The SMILES string of the molecule is COC(=O)C1=C(C)Nc2sc(C(=O)Nc3cc(C)on3)c(N)c2[C@H]1c1ccc(C(=O)OC)cc1. The van der Waals surface area contributed by atoms with E-state index < -0.39 is 23.8 Å². The Kier molecular flexibility index (Phi) is 6.12. The molecule has 1 aliphatic rings. The number of aromatic nitrogens is 1. The molecule has 11 heteroatoms. The minimum Gasteiger partial charge on any atom is -0.466 e. The number of anilines is 3. The van der Waals surface area contributed by atoms with Crippen molar-refractivity contribution in [2.24, 2.45) is 0 Å². The predicted molar refractivity (Wildman–Crippen MR) is 126 cm³/mol. The third kappa shape index (κ3) is 4.01. The highest BCUT2D eigenvalue weighted by atomic mass is 32.1.